The van der Waals surface area contributed by atoms with Crippen LogP contribution in [0, 0.1) is 11.3 Å². The molecule has 0 saturated heterocycles. The number of carbonyl (C=O) groups excluding carboxylic acids is 1. The Morgan fingerprint density at radius 1 is 1.23 bits per heavy atom. The highest BCUT2D eigenvalue weighted by molar-refractivity contribution is 7.94. The first-order chi connectivity index (χ1) is 14.0. The molecule has 0 atom stereocenters. The second-order valence-electron chi connectivity index (χ2n) is 8.67. The maximum absolute atomic E-state index is 13.1. The standard InChI is InChI=1S/C22H30N2O4S2/c1-6-17-8-10-20(29-17)30(26,27)23-16-7-9-18-19(13-16)28-14-22(4,5)21(25)24(18)12-11-15(2)3/h7-10,13,15,23H,6,11-12,14H2,1-5H3. The van der Waals surface area contributed by atoms with Gasteiger partial charge in [0, 0.05) is 17.5 Å². The first-order valence-electron chi connectivity index (χ1n) is 10.2. The number of rotatable bonds is 7. The predicted octanol–water partition coefficient (Wildman–Crippen LogP) is 4.91. The first kappa shape index (κ1) is 22.6. The molecular formula is C22H30N2O4S2. The fraction of sp³-hybridized carbons (Fsp3) is 0.500. The monoisotopic (exact) mass is 450 g/mol. The summed E-state index contributed by atoms with van der Waals surface area (Å²) >= 11 is 1.27. The first-order valence-corrected chi connectivity index (χ1v) is 12.5. The topological polar surface area (TPSA) is 75.7 Å². The van der Waals surface area contributed by atoms with E-state index in [0.29, 0.717) is 29.6 Å². The van der Waals surface area contributed by atoms with Gasteiger partial charge >= 0.3 is 0 Å². The lowest BCUT2D eigenvalue weighted by molar-refractivity contribution is -0.127. The lowest BCUT2D eigenvalue weighted by Gasteiger charge is -2.28. The number of hydrogen-bond donors (Lipinski definition) is 1. The minimum absolute atomic E-state index is 0.0147. The van der Waals surface area contributed by atoms with Gasteiger partial charge in [-0.3, -0.25) is 9.52 Å². The Bertz CT molecular complexity index is 1030. The number of fused-ring (bicyclic) bond motifs is 1. The molecule has 2 heterocycles. The largest absolute Gasteiger partial charge is 0.490 e. The number of thiophene rings is 1. The molecule has 2 aromatic rings. The van der Waals surface area contributed by atoms with Crippen molar-refractivity contribution in [3.05, 3.63) is 35.2 Å². The quantitative estimate of drug-likeness (QED) is 0.650. The molecule has 0 fully saturated rings. The lowest BCUT2D eigenvalue weighted by Crippen LogP contribution is -2.42. The maximum Gasteiger partial charge on any atom is 0.271 e. The molecule has 3 rings (SSSR count). The van der Waals surface area contributed by atoms with Crippen molar-refractivity contribution in [1.82, 2.24) is 0 Å². The molecule has 0 unspecified atom stereocenters. The van der Waals surface area contributed by atoms with Crippen LogP contribution in [-0.4, -0.2) is 27.5 Å². The molecule has 1 aliphatic heterocycles. The summed E-state index contributed by atoms with van der Waals surface area (Å²) in [6.07, 6.45) is 1.66. The average Bonchev–Trinajstić information content (AvgIpc) is 3.14. The molecule has 0 spiro atoms. The molecule has 6 nitrogen and oxygen atoms in total. The van der Waals surface area contributed by atoms with Crippen LogP contribution in [0.1, 0.15) is 45.9 Å². The third-order valence-corrected chi connectivity index (χ3v) is 8.20. The number of aryl methyl sites for hydroxylation is 1. The zero-order chi connectivity index (χ0) is 22.1. The minimum atomic E-state index is -3.67. The van der Waals surface area contributed by atoms with Gasteiger partial charge in [-0.1, -0.05) is 20.8 Å². The fourth-order valence-corrected chi connectivity index (χ4v) is 5.56. The van der Waals surface area contributed by atoms with Gasteiger partial charge in [0.25, 0.3) is 10.0 Å². The molecule has 0 aliphatic carbocycles. The van der Waals surface area contributed by atoms with E-state index in [1.165, 1.54) is 11.3 Å². The highest BCUT2D eigenvalue weighted by Gasteiger charge is 2.37. The number of benzene rings is 1. The van der Waals surface area contributed by atoms with Gasteiger partial charge < -0.3 is 9.64 Å². The van der Waals surface area contributed by atoms with Gasteiger partial charge in [-0.25, -0.2) is 8.42 Å². The number of amides is 1. The van der Waals surface area contributed by atoms with Gasteiger partial charge in [-0.2, -0.15) is 0 Å². The normalized spacial score (nSPS) is 16.2. The van der Waals surface area contributed by atoms with Crippen LogP contribution in [0.25, 0.3) is 0 Å². The molecule has 1 amide bonds. The smallest absolute Gasteiger partial charge is 0.271 e. The maximum atomic E-state index is 13.1. The molecule has 0 bridgehead atoms. The highest BCUT2D eigenvalue weighted by atomic mass is 32.2. The molecule has 1 N–H and O–H groups in total. The average molecular weight is 451 g/mol. The van der Waals surface area contributed by atoms with E-state index < -0.39 is 15.4 Å². The third-order valence-electron chi connectivity index (χ3n) is 5.10. The van der Waals surface area contributed by atoms with Crippen LogP contribution in [0.4, 0.5) is 11.4 Å². The summed E-state index contributed by atoms with van der Waals surface area (Å²) in [6.45, 7) is 10.8. The molecule has 1 aromatic heterocycles. The van der Waals surface area contributed by atoms with Crippen molar-refractivity contribution in [2.24, 2.45) is 11.3 Å². The van der Waals surface area contributed by atoms with Crippen LogP contribution in [0.15, 0.2) is 34.5 Å². The Morgan fingerprint density at radius 3 is 2.60 bits per heavy atom. The molecule has 0 saturated carbocycles. The Morgan fingerprint density at radius 2 is 1.97 bits per heavy atom. The summed E-state index contributed by atoms with van der Waals surface area (Å²) in [4.78, 5) is 15.9. The lowest BCUT2D eigenvalue weighted by atomic mass is 9.92. The number of carbonyl (C=O) groups is 1. The van der Waals surface area contributed by atoms with Gasteiger partial charge in [0.2, 0.25) is 5.91 Å². The van der Waals surface area contributed by atoms with Crippen molar-refractivity contribution in [2.75, 3.05) is 22.8 Å². The fourth-order valence-electron chi connectivity index (χ4n) is 3.22. The summed E-state index contributed by atoms with van der Waals surface area (Å²) in [7, 11) is -3.67. The molecule has 0 radical (unpaired) electrons. The zero-order valence-electron chi connectivity index (χ0n) is 18.2. The predicted molar refractivity (Wildman–Crippen MR) is 122 cm³/mol. The second kappa shape index (κ2) is 8.59. The Kier molecular flexibility index (Phi) is 6.48. The summed E-state index contributed by atoms with van der Waals surface area (Å²) in [5.41, 5.74) is 0.429. The molecular weight excluding hydrogens is 420 g/mol. The number of nitrogens with zero attached hydrogens (tertiary/aromatic N) is 1. The van der Waals surface area contributed by atoms with Gasteiger partial charge in [0.15, 0.2) is 0 Å². The number of ether oxygens (including phenoxy) is 1. The minimum Gasteiger partial charge on any atom is -0.490 e. The van der Waals surface area contributed by atoms with E-state index >= 15 is 0 Å². The molecule has 1 aromatic carbocycles. The van der Waals surface area contributed by atoms with Crippen LogP contribution in [0.3, 0.4) is 0 Å². The number of nitrogens with one attached hydrogen (secondary N) is 1. The van der Waals surface area contributed by atoms with Crippen LogP contribution >= 0.6 is 11.3 Å². The molecule has 164 valence electrons. The van der Waals surface area contributed by atoms with Crippen molar-refractivity contribution in [3.63, 3.8) is 0 Å². The summed E-state index contributed by atoms with van der Waals surface area (Å²) in [6, 6.07) is 8.57. The van der Waals surface area contributed by atoms with Crippen molar-refractivity contribution >= 4 is 38.6 Å². The van der Waals surface area contributed by atoms with E-state index in [0.717, 1.165) is 17.7 Å². The summed E-state index contributed by atoms with van der Waals surface area (Å²) in [5.74, 6) is 0.984. The SMILES string of the molecule is CCc1ccc(S(=O)(=O)Nc2ccc3c(c2)OCC(C)(C)C(=O)N3CCC(C)C)s1. The highest BCUT2D eigenvalue weighted by Crippen LogP contribution is 2.39. The Labute approximate surface area is 183 Å². The van der Waals surface area contributed by atoms with Crippen molar-refractivity contribution in [2.45, 2.75) is 51.7 Å². The molecule has 30 heavy (non-hydrogen) atoms. The van der Waals surface area contributed by atoms with Crippen molar-refractivity contribution in [1.29, 1.82) is 0 Å². The Balaban J connectivity index is 1.91. The van der Waals surface area contributed by atoms with Crippen molar-refractivity contribution < 1.29 is 17.9 Å². The summed E-state index contributed by atoms with van der Waals surface area (Å²) < 4.78 is 34.4. The van der Waals surface area contributed by atoms with Crippen LogP contribution in [0.5, 0.6) is 5.75 Å². The van der Waals surface area contributed by atoms with E-state index in [1.54, 1.807) is 29.2 Å². The van der Waals surface area contributed by atoms with Crippen LogP contribution in [-0.2, 0) is 21.2 Å². The van der Waals surface area contributed by atoms with Gasteiger partial charge in [-0.05, 0) is 56.9 Å². The van der Waals surface area contributed by atoms with E-state index in [2.05, 4.69) is 18.6 Å². The second-order valence-corrected chi connectivity index (χ2v) is 11.8. The van der Waals surface area contributed by atoms with E-state index in [1.807, 2.05) is 26.8 Å². The van der Waals surface area contributed by atoms with Crippen molar-refractivity contribution in [3.8, 4) is 5.75 Å². The number of anilines is 2. The third kappa shape index (κ3) is 4.81. The number of sulfonamides is 1. The van der Waals surface area contributed by atoms with E-state index in [4.69, 9.17) is 4.74 Å². The van der Waals surface area contributed by atoms with Crippen LogP contribution < -0.4 is 14.4 Å². The van der Waals surface area contributed by atoms with E-state index in [-0.39, 0.29) is 16.7 Å². The van der Waals surface area contributed by atoms with Crippen LogP contribution in [0.2, 0.25) is 0 Å². The van der Waals surface area contributed by atoms with E-state index in [9.17, 15) is 13.2 Å². The van der Waals surface area contributed by atoms with Gasteiger partial charge in [0.05, 0.1) is 16.8 Å². The van der Waals surface area contributed by atoms with Gasteiger partial charge in [-0.15, -0.1) is 11.3 Å². The Hall–Kier alpha value is -2.06. The molecule has 1 aliphatic rings. The summed E-state index contributed by atoms with van der Waals surface area (Å²) in [5, 5.41) is 0. The number of hydrogen-bond acceptors (Lipinski definition) is 5. The van der Waals surface area contributed by atoms with Gasteiger partial charge in [0.1, 0.15) is 16.6 Å². The zero-order valence-corrected chi connectivity index (χ0v) is 19.8. The molecule has 8 heteroatoms.